The Labute approximate surface area is 111 Å². The maximum Gasteiger partial charge on any atom is 0.488 e. The lowest BCUT2D eigenvalue weighted by Gasteiger charge is -2.07. The summed E-state index contributed by atoms with van der Waals surface area (Å²) in [5.74, 6) is 0. The van der Waals surface area contributed by atoms with Gasteiger partial charge in [0.1, 0.15) is 0 Å². The van der Waals surface area contributed by atoms with Crippen molar-refractivity contribution >= 4 is 23.5 Å². The molecule has 4 heteroatoms. The molecule has 19 heavy (non-hydrogen) atoms. The first-order chi connectivity index (χ1) is 9.25. The van der Waals surface area contributed by atoms with Crippen LogP contribution < -0.4 is 5.46 Å². The lowest BCUT2D eigenvalue weighted by atomic mass is 9.80. The Hall–Kier alpha value is -2.17. The molecule has 0 aliphatic rings. The van der Waals surface area contributed by atoms with Crippen molar-refractivity contribution in [3.8, 4) is 11.1 Å². The van der Waals surface area contributed by atoms with Gasteiger partial charge in [0.15, 0.2) is 0 Å². The Balaban J connectivity index is 2.14. The van der Waals surface area contributed by atoms with Crippen molar-refractivity contribution in [1.82, 2.24) is 4.98 Å². The van der Waals surface area contributed by atoms with Gasteiger partial charge in [0.2, 0.25) is 0 Å². The van der Waals surface area contributed by atoms with Crippen molar-refractivity contribution in [3.63, 3.8) is 0 Å². The molecule has 3 aromatic rings. The highest BCUT2D eigenvalue weighted by atomic mass is 16.4. The second-order valence-corrected chi connectivity index (χ2v) is 4.38. The Kier molecular flexibility index (Phi) is 3.03. The molecule has 0 aliphatic heterocycles. The van der Waals surface area contributed by atoms with Crippen LogP contribution in [0.2, 0.25) is 0 Å². The molecule has 0 bridgehead atoms. The molecule has 0 fully saturated rings. The number of hydrogen-bond acceptors (Lipinski definition) is 3. The van der Waals surface area contributed by atoms with E-state index in [1.165, 1.54) is 0 Å². The van der Waals surface area contributed by atoms with Gasteiger partial charge in [0, 0.05) is 17.1 Å². The molecule has 0 saturated heterocycles. The van der Waals surface area contributed by atoms with Gasteiger partial charge in [-0.25, -0.2) is 0 Å². The second-order valence-electron chi connectivity index (χ2n) is 4.38. The van der Waals surface area contributed by atoms with Crippen LogP contribution in [0.15, 0.2) is 60.8 Å². The maximum atomic E-state index is 9.10. The van der Waals surface area contributed by atoms with Crippen molar-refractivity contribution in [1.29, 1.82) is 0 Å². The minimum Gasteiger partial charge on any atom is -0.423 e. The molecule has 0 amide bonds. The summed E-state index contributed by atoms with van der Waals surface area (Å²) < 4.78 is 0. The summed E-state index contributed by atoms with van der Waals surface area (Å²) in [6.45, 7) is 0. The molecule has 3 nitrogen and oxygen atoms in total. The zero-order valence-electron chi connectivity index (χ0n) is 10.2. The molecule has 1 heterocycles. The fourth-order valence-electron chi connectivity index (χ4n) is 2.17. The maximum absolute atomic E-state index is 9.10. The highest BCUT2D eigenvalue weighted by molar-refractivity contribution is 6.58. The summed E-state index contributed by atoms with van der Waals surface area (Å²) in [6, 6.07) is 17.1. The molecule has 92 valence electrons. The van der Waals surface area contributed by atoms with Gasteiger partial charge in [-0.3, -0.25) is 4.98 Å². The highest BCUT2D eigenvalue weighted by Gasteiger charge is 2.11. The molecular weight excluding hydrogens is 237 g/mol. The molecule has 0 aliphatic carbocycles. The van der Waals surface area contributed by atoms with Crippen LogP contribution in [-0.4, -0.2) is 22.2 Å². The van der Waals surface area contributed by atoms with E-state index in [0.29, 0.717) is 5.46 Å². The largest absolute Gasteiger partial charge is 0.488 e. The average molecular weight is 249 g/mol. The summed E-state index contributed by atoms with van der Waals surface area (Å²) >= 11 is 0. The molecule has 2 N–H and O–H groups in total. The van der Waals surface area contributed by atoms with Gasteiger partial charge in [-0.05, 0) is 17.1 Å². The average Bonchev–Trinajstić information content (AvgIpc) is 2.47. The first kappa shape index (κ1) is 11.9. The van der Waals surface area contributed by atoms with E-state index in [0.717, 1.165) is 22.0 Å². The van der Waals surface area contributed by atoms with E-state index < -0.39 is 7.12 Å². The number of rotatable bonds is 2. The zero-order chi connectivity index (χ0) is 13.2. The van der Waals surface area contributed by atoms with Crippen molar-refractivity contribution in [2.75, 3.05) is 0 Å². The van der Waals surface area contributed by atoms with E-state index >= 15 is 0 Å². The van der Waals surface area contributed by atoms with Gasteiger partial charge >= 0.3 is 7.12 Å². The molecule has 3 rings (SSSR count). The van der Waals surface area contributed by atoms with Crippen LogP contribution in [-0.2, 0) is 0 Å². The Bertz CT molecular complexity index is 705. The quantitative estimate of drug-likeness (QED) is 0.678. The Morgan fingerprint density at radius 3 is 2.32 bits per heavy atom. The summed E-state index contributed by atoms with van der Waals surface area (Å²) in [5, 5.41) is 19.3. The monoisotopic (exact) mass is 249 g/mol. The number of hydrogen-bond donors (Lipinski definition) is 2. The van der Waals surface area contributed by atoms with E-state index in [1.54, 1.807) is 18.3 Å². The normalized spacial score (nSPS) is 10.6. The zero-order valence-corrected chi connectivity index (χ0v) is 10.2. The molecule has 0 spiro atoms. The topological polar surface area (TPSA) is 53.4 Å². The summed E-state index contributed by atoms with van der Waals surface area (Å²) in [6.07, 6.45) is 1.78. The highest BCUT2D eigenvalue weighted by Crippen LogP contribution is 2.26. The van der Waals surface area contributed by atoms with Crippen molar-refractivity contribution in [2.45, 2.75) is 0 Å². The van der Waals surface area contributed by atoms with Crippen LogP contribution in [0, 0.1) is 0 Å². The third-order valence-corrected chi connectivity index (χ3v) is 3.15. The molecule has 0 atom stereocenters. The van der Waals surface area contributed by atoms with Crippen molar-refractivity contribution in [2.24, 2.45) is 0 Å². The number of nitrogens with zero attached hydrogens (tertiary/aromatic N) is 1. The van der Waals surface area contributed by atoms with E-state index in [1.807, 2.05) is 42.5 Å². The lowest BCUT2D eigenvalue weighted by Crippen LogP contribution is -2.29. The van der Waals surface area contributed by atoms with Gasteiger partial charge in [0.25, 0.3) is 0 Å². The fraction of sp³-hybridized carbons (Fsp3) is 0. The standard InChI is InChI=1S/C15H12BNO2/c18-16(19)13-8-6-11(7-9-13)14-5-1-3-12-4-2-10-17-15(12)14/h1-10,18-19H. The number of fused-ring (bicyclic) bond motifs is 1. The van der Waals surface area contributed by atoms with Gasteiger partial charge in [-0.15, -0.1) is 0 Å². The lowest BCUT2D eigenvalue weighted by molar-refractivity contribution is 0.426. The smallest absolute Gasteiger partial charge is 0.423 e. The van der Waals surface area contributed by atoms with Crippen LogP contribution in [0.4, 0.5) is 0 Å². The SMILES string of the molecule is OB(O)c1ccc(-c2cccc3cccnc23)cc1. The molecule has 1 aromatic heterocycles. The van der Waals surface area contributed by atoms with E-state index in [9.17, 15) is 0 Å². The minimum atomic E-state index is -1.43. The van der Waals surface area contributed by atoms with Crippen LogP contribution in [0.1, 0.15) is 0 Å². The van der Waals surface area contributed by atoms with Crippen LogP contribution in [0.5, 0.6) is 0 Å². The number of benzene rings is 2. The number of pyridine rings is 1. The van der Waals surface area contributed by atoms with E-state index in [-0.39, 0.29) is 0 Å². The van der Waals surface area contributed by atoms with Crippen molar-refractivity contribution < 1.29 is 10.0 Å². The third kappa shape index (κ3) is 2.23. The Morgan fingerprint density at radius 2 is 1.58 bits per heavy atom. The van der Waals surface area contributed by atoms with Gasteiger partial charge in [-0.1, -0.05) is 48.5 Å². The predicted molar refractivity (Wildman–Crippen MR) is 77.0 cm³/mol. The number of aromatic nitrogens is 1. The first-order valence-corrected chi connectivity index (χ1v) is 6.06. The molecule has 0 radical (unpaired) electrons. The summed E-state index contributed by atoms with van der Waals surface area (Å²) in [4.78, 5) is 4.42. The predicted octanol–water partition coefficient (Wildman–Crippen LogP) is 1.58. The number of para-hydroxylation sites is 1. The van der Waals surface area contributed by atoms with Crippen LogP contribution in [0.3, 0.4) is 0 Å². The summed E-state index contributed by atoms with van der Waals surface area (Å²) in [7, 11) is -1.43. The molecule has 2 aromatic carbocycles. The molecular formula is C15H12BNO2. The van der Waals surface area contributed by atoms with E-state index in [4.69, 9.17) is 10.0 Å². The van der Waals surface area contributed by atoms with Gasteiger partial charge in [0.05, 0.1) is 5.52 Å². The van der Waals surface area contributed by atoms with Crippen molar-refractivity contribution in [3.05, 3.63) is 60.8 Å². The third-order valence-electron chi connectivity index (χ3n) is 3.15. The van der Waals surface area contributed by atoms with Crippen LogP contribution in [0.25, 0.3) is 22.0 Å². The second kappa shape index (κ2) is 4.84. The first-order valence-electron chi connectivity index (χ1n) is 6.06. The van der Waals surface area contributed by atoms with Crippen LogP contribution >= 0.6 is 0 Å². The molecule has 0 saturated carbocycles. The fourth-order valence-corrected chi connectivity index (χ4v) is 2.17. The van der Waals surface area contributed by atoms with Gasteiger partial charge in [-0.2, -0.15) is 0 Å². The summed E-state index contributed by atoms with van der Waals surface area (Å²) in [5.41, 5.74) is 3.48. The minimum absolute atomic E-state index is 0.483. The van der Waals surface area contributed by atoms with Gasteiger partial charge < -0.3 is 10.0 Å². The van der Waals surface area contributed by atoms with E-state index in [2.05, 4.69) is 4.98 Å². The molecule has 0 unspecified atom stereocenters. The Morgan fingerprint density at radius 1 is 0.842 bits per heavy atom.